The Kier molecular flexibility index (Phi) is 6.55. The fourth-order valence-electron chi connectivity index (χ4n) is 2.76. The molecule has 0 radical (unpaired) electrons. The SMILES string of the molecule is CCOC(=O)c1nc(C)c(CC(C)C)c(=O)n1Cc1ccc(OC)cc1. The molecule has 0 aliphatic carbocycles. The van der Waals surface area contributed by atoms with Gasteiger partial charge in [0.05, 0.1) is 20.3 Å². The molecular weight excluding hydrogens is 332 g/mol. The normalized spacial score (nSPS) is 10.8. The third-order valence-electron chi connectivity index (χ3n) is 4.04. The predicted molar refractivity (Wildman–Crippen MR) is 99.8 cm³/mol. The van der Waals surface area contributed by atoms with Crippen LogP contribution in [0.1, 0.15) is 48.2 Å². The van der Waals surface area contributed by atoms with Gasteiger partial charge in [-0.3, -0.25) is 9.36 Å². The summed E-state index contributed by atoms with van der Waals surface area (Å²) in [6.45, 7) is 8.06. The summed E-state index contributed by atoms with van der Waals surface area (Å²) >= 11 is 0. The molecule has 0 amide bonds. The number of hydrogen-bond acceptors (Lipinski definition) is 5. The van der Waals surface area contributed by atoms with E-state index in [0.29, 0.717) is 23.6 Å². The molecule has 1 aromatic carbocycles. The topological polar surface area (TPSA) is 70.4 Å². The van der Waals surface area contributed by atoms with E-state index < -0.39 is 5.97 Å². The molecule has 0 fully saturated rings. The Morgan fingerprint density at radius 2 is 1.88 bits per heavy atom. The molecule has 0 aliphatic heterocycles. The van der Waals surface area contributed by atoms with Gasteiger partial charge in [0.2, 0.25) is 5.82 Å². The molecule has 0 saturated carbocycles. The quantitative estimate of drug-likeness (QED) is 0.712. The Labute approximate surface area is 153 Å². The molecule has 2 aromatic rings. The van der Waals surface area contributed by atoms with Crippen LogP contribution in [0.4, 0.5) is 0 Å². The lowest BCUT2D eigenvalue weighted by molar-refractivity contribution is 0.0503. The van der Waals surface area contributed by atoms with Crippen molar-refractivity contribution in [3.8, 4) is 5.75 Å². The molecule has 26 heavy (non-hydrogen) atoms. The van der Waals surface area contributed by atoms with Crippen LogP contribution in [0.15, 0.2) is 29.1 Å². The second-order valence-electron chi connectivity index (χ2n) is 6.56. The first-order valence-corrected chi connectivity index (χ1v) is 8.77. The zero-order chi connectivity index (χ0) is 19.3. The van der Waals surface area contributed by atoms with Crippen LogP contribution >= 0.6 is 0 Å². The zero-order valence-corrected chi connectivity index (χ0v) is 16.0. The highest BCUT2D eigenvalue weighted by molar-refractivity contribution is 5.85. The molecule has 140 valence electrons. The second-order valence-corrected chi connectivity index (χ2v) is 6.56. The highest BCUT2D eigenvalue weighted by Crippen LogP contribution is 2.14. The van der Waals surface area contributed by atoms with Crippen LogP contribution in [0, 0.1) is 12.8 Å². The number of aromatic nitrogens is 2. The number of aryl methyl sites for hydroxylation is 1. The highest BCUT2D eigenvalue weighted by Gasteiger charge is 2.21. The van der Waals surface area contributed by atoms with E-state index in [4.69, 9.17) is 9.47 Å². The van der Waals surface area contributed by atoms with Gasteiger partial charge in [-0.05, 0) is 43.9 Å². The molecule has 1 heterocycles. The number of carbonyl (C=O) groups is 1. The van der Waals surface area contributed by atoms with Crippen molar-refractivity contribution in [2.45, 2.75) is 40.7 Å². The van der Waals surface area contributed by atoms with Gasteiger partial charge >= 0.3 is 5.97 Å². The van der Waals surface area contributed by atoms with Crippen molar-refractivity contribution in [2.75, 3.05) is 13.7 Å². The number of ether oxygens (including phenoxy) is 2. The number of benzene rings is 1. The summed E-state index contributed by atoms with van der Waals surface area (Å²) in [4.78, 5) is 29.8. The summed E-state index contributed by atoms with van der Waals surface area (Å²) in [5.74, 6) is 0.496. The minimum absolute atomic E-state index is 0.0395. The largest absolute Gasteiger partial charge is 0.497 e. The van der Waals surface area contributed by atoms with E-state index in [1.54, 1.807) is 21.0 Å². The molecule has 2 rings (SSSR count). The summed E-state index contributed by atoms with van der Waals surface area (Å²) in [6, 6.07) is 7.37. The van der Waals surface area contributed by atoms with Crippen molar-refractivity contribution in [3.63, 3.8) is 0 Å². The first kappa shape index (κ1) is 19.7. The average molecular weight is 358 g/mol. The van der Waals surface area contributed by atoms with E-state index in [9.17, 15) is 9.59 Å². The Bertz CT molecular complexity index is 823. The van der Waals surface area contributed by atoms with Crippen LogP contribution in [0.2, 0.25) is 0 Å². The fourth-order valence-corrected chi connectivity index (χ4v) is 2.76. The lowest BCUT2D eigenvalue weighted by Gasteiger charge is -2.16. The van der Waals surface area contributed by atoms with Gasteiger partial charge in [0.25, 0.3) is 5.56 Å². The van der Waals surface area contributed by atoms with Crippen LogP contribution in [0.25, 0.3) is 0 Å². The maximum atomic E-state index is 13.1. The van der Waals surface area contributed by atoms with E-state index in [-0.39, 0.29) is 24.5 Å². The van der Waals surface area contributed by atoms with Gasteiger partial charge in [0.1, 0.15) is 5.75 Å². The standard InChI is InChI=1S/C20H26N2O4/c1-6-26-20(24)18-21-14(4)17(11-13(2)3)19(23)22(18)12-15-7-9-16(25-5)10-8-15/h7-10,13H,6,11-12H2,1-5H3. The van der Waals surface area contributed by atoms with Gasteiger partial charge in [-0.2, -0.15) is 0 Å². The summed E-state index contributed by atoms with van der Waals surface area (Å²) in [7, 11) is 1.60. The number of carbonyl (C=O) groups excluding carboxylic acids is 1. The Morgan fingerprint density at radius 3 is 2.42 bits per heavy atom. The zero-order valence-electron chi connectivity index (χ0n) is 16.0. The Hall–Kier alpha value is -2.63. The molecule has 0 unspecified atom stereocenters. The van der Waals surface area contributed by atoms with Crippen LogP contribution in [-0.2, 0) is 17.7 Å². The molecule has 6 nitrogen and oxygen atoms in total. The minimum Gasteiger partial charge on any atom is -0.497 e. The molecule has 0 atom stereocenters. The molecule has 6 heteroatoms. The number of esters is 1. The van der Waals surface area contributed by atoms with Gasteiger partial charge in [0, 0.05) is 11.3 Å². The Balaban J connectivity index is 2.54. The summed E-state index contributed by atoms with van der Waals surface area (Å²) in [5, 5.41) is 0. The van der Waals surface area contributed by atoms with Gasteiger partial charge in [-0.25, -0.2) is 9.78 Å². The minimum atomic E-state index is -0.586. The van der Waals surface area contributed by atoms with E-state index in [1.165, 1.54) is 4.57 Å². The highest BCUT2D eigenvalue weighted by atomic mass is 16.5. The number of hydrogen-bond donors (Lipinski definition) is 0. The lowest BCUT2D eigenvalue weighted by Crippen LogP contribution is -2.33. The maximum absolute atomic E-state index is 13.1. The molecule has 0 aliphatic rings. The smallest absolute Gasteiger partial charge is 0.374 e. The van der Waals surface area contributed by atoms with Gasteiger partial charge in [-0.1, -0.05) is 26.0 Å². The summed E-state index contributed by atoms with van der Waals surface area (Å²) < 4.78 is 11.7. The summed E-state index contributed by atoms with van der Waals surface area (Å²) in [6.07, 6.45) is 0.614. The van der Waals surface area contributed by atoms with Crippen molar-refractivity contribution in [1.82, 2.24) is 9.55 Å². The molecule has 0 N–H and O–H groups in total. The van der Waals surface area contributed by atoms with E-state index in [0.717, 1.165) is 11.3 Å². The van der Waals surface area contributed by atoms with Crippen molar-refractivity contribution in [2.24, 2.45) is 5.92 Å². The van der Waals surface area contributed by atoms with E-state index >= 15 is 0 Å². The lowest BCUT2D eigenvalue weighted by atomic mass is 10.0. The van der Waals surface area contributed by atoms with Crippen LogP contribution in [0.5, 0.6) is 5.75 Å². The van der Waals surface area contributed by atoms with Crippen LogP contribution in [-0.4, -0.2) is 29.2 Å². The average Bonchev–Trinajstić information content (AvgIpc) is 2.61. The molecular formula is C20H26N2O4. The monoisotopic (exact) mass is 358 g/mol. The van der Waals surface area contributed by atoms with Crippen LogP contribution < -0.4 is 10.3 Å². The Morgan fingerprint density at radius 1 is 1.23 bits per heavy atom. The first-order chi connectivity index (χ1) is 12.4. The molecule has 1 aromatic heterocycles. The number of methoxy groups -OCH3 is 1. The van der Waals surface area contributed by atoms with Crippen molar-refractivity contribution in [3.05, 3.63) is 57.3 Å². The fraction of sp³-hybridized carbons (Fsp3) is 0.450. The van der Waals surface area contributed by atoms with E-state index in [1.807, 2.05) is 38.1 Å². The van der Waals surface area contributed by atoms with Gasteiger partial charge in [0.15, 0.2) is 0 Å². The first-order valence-electron chi connectivity index (χ1n) is 8.77. The maximum Gasteiger partial charge on any atom is 0.374 e. The van der Waals surface area contributed by atoms with Gasteiger partial charge in [-0.15, -0.1) is 0 Å². The second kappa shape index (κ2) is 8.65. The third kappa shape index (κ3) is 4.50. The molecule has 0 saturated heterocycles. The van der Waals surface area contributed by atoms with Gasteiger partial charge < -0.3 is 9.47 Å². The van der Waals surface area contributed by atoms with E-state index in [2.05, 4.69) is 4.98 Å². The summed E-state index contributed by atoms with van der Waals surface area (Å²) in [5.41, 5.74) is 1.91. The van der Waals surface area contributed by atoms with Crippen molar-refractivity contribution >= 4 is 5.97 Å². The number of nitrogens with zero attached hydrogens (tertiary/aromatic N) is 2. The van der Waals surface area contributed by atoms with Crippen LogP contribution in [0.3, 0.4) is 0 Å². The molecule has 0 bridgehead atoms. The van der Waals surface area contributed by atoms with Crippen molar-refractivity contribution < 1.29 is 14.3 Å². The predicted octanol–water partition coefficient (Wildman–Crippen LogP) is 2.98. The molecule has 0 spiro atoms. The third-order valence-corrected chi connectivity index (χ3v) is 4.04. The van der Waals surface area contributed by atoms with Crippen molar-refractivity contribution in [1.29, 1.82) is 0 Å². The number of rotatable bonds is 7.